The molecule has 0 saturated carbocycles. The Balaban J connectivity index is 0.000000196. The Bertz CT molecular complexity index is 5740. The van der Waals surface area contributed by atoms with Gasteiger partial charge < -0.3 is 93.9 Å². The molecule has 3 fully saturated rings. The van der Waals surface area contributed by atoms with Crippen LogP contribution in [0.3, 0.4) is 0 Å². The molecule has 5 aromatic carbocycles. The number of carboxylic acids is 1. The van der Waals surface area contributed by atoms with Crippen LogP contribution in [0.1, 0.15) is 124 Å². The Hall–Kier alpha value is -13.7. The lowest BCUT2D eigenvalue weighted by Crippen LogP contribution is -2.27. The van der Waals surface area contributed by atoms with E-state index in [0.29, 0.717) is 92.3 Å². The molecule has 3 aliphatic heterocycles. The van der Waals surface area contributed by atoms with Gasteiger partial charge in [-0.1, -0.05) is 62.9 Å². The van der Waals surface area contributed by atoms with E-state index < -0.39 is 11.9 Å². The van der Waals surface area contributed by atoms with Crippen molar-refractivity contribution >= 4 is 155 Å². The second-order valence-electron chi connectivity index (χ2n) is 28.5. The number of nitrogens with one attached hydrogen (secondary N) is 10. The zero-order valence-electron chi connectivity index (χ0n) is 68.8. The van der Waals surface area contributed by atoms with E-state index in [-0.39, 0.29) is 90.4 Å². The first-order valence-corrected chi connectivity index (χ1v) is 40.6. The highest BCUT2D eigenvalue weighted by molar-refractivity contribution is 6.27. The zero-order chi connectivity index (χ0) is 88.1. The number of nitrogens with two attached hydrogens (primary N) is 3. The summed E-state index contributed by atoms with van der Waals surface area (Å²) in [7, 11) is 4.64. The topological polar surface area (TPSA) is 475 Å². The number of H-pyrrole nitrogens is 3. The van der Waals surface area contributed by atoms with Gasteiger partial charge >= 0.3 is 12.1 Å². The quantitative estimate of drug-likeness (QED) is 0.0315. The molecule has 1 aliphatic carbocycles. The van der Waals surface area contributed by atoms with E-state index in [4.69, 9.17) is 44.5 Å². The number of aliphatic carboxylic acids is 1. The first-order chi connectivity index (χ1) is 58.7. The van der Waals surface area contributed by atoms with Crippen LogP contribution >= 0.6 is 23.2 Å². The van der Waals surface area contributed by atoms with Crippen LogP contribution in [0, 0.1) is 20.8 Å². The summed E-state index contributed by atoms with van der Waals surface area (Å²) >= 11 is 9.84. The molecule has 3 saturated heterocycles. The number of alkyl halides is 2. The smallest absolute Gasteiger partial charge is 0.406 e. The molecule has 0 unspecified atom stereocenters. The number of fused-ring (bicyclic) bond motifs is 6. The Morgan fingerprint density at radius 2 is 0.854 bits per heavy atom. The number of carbonyl (C=O) groups is 8. The summed E-state index contributed by atoms with van der Waals surface area (Å²) in [5, 5.41) is 29.9. The van der Waals surface area contributed by atoms with Crippen molar-refractivity contribution in [1.82, 2.24) is 40.5 Å². The molecule has 17 N–H and O–H groups in total. The molecule has 0 radical (unpaired) electrons. The molecule has 34 heteroatoms. The second-order valence-corrected chi connectivity index (χ2v) is 29.0. The van der Waals surface area contributed by atoms with Gasteiger partial charge in [0.25, 0.3) is 17.7 Å². The Labute approximate surface area is 720 Å². The van der Waals surface area contributed by atoms with Crippen molar-refractivity contribution in [1.29, 1.82) is 0 Å². The van der Waals surface area contributed by atoms with Gasteiger partial charge in [0.15, 0.2) is 0 Å². The molecule has 6 amide bonds. The number of Topliss-reactive ketones (excluding diaryl/α,β-unsaturated/α-hetero) is 1. The molecule has 0 bridgehead atoms. The highest BCUT2D eigenvalue weighted by Gasteiger charge is 2.30. The average molecular weight is 1720 g/mol. The number of aromatic amines is 3. The van der Waals surface area contributed by atoms with Crippen molar-refractivity contribution in [3.8, 4) is 11.1 Å². The number of carboxylic acid groups (broad SMARTS) is 1. The van der Waals surface area contributed by atoms with Crippen LogP contribution in [-0.4, -0.2) is 174 Å². The maximum Gasteiger partial charge on any atom is 0.406 e. The van der Waals surface area contributed by atoms with Crippen molar-refractivity contribution in [2.45, 2.75) is 86.0 Å². The van der Waals surface area contributed by atoms with Crippen molar-refractivity contribution in [3.05, 3.63) is 234 Å². The number of ketones is 1. The number of ether oxygens (including phenoxy) is 1. The van der Waals surface area contributed by atoms with Crippen molar-refractivity contribution in [2.24, 2.45) is 11.5 Å². The number of hydrogen-bond acceptors (Lipinski definition) is 22. The molecule has 0 atom stereocenters. The van der Waals surface area contributed by atoms with E-state index >= 15 is 0 Å². The summed E-state index contributed by atoms with van der Waals surface area (Å²) in [6, 6.07) is 42.4. The third kappa shape index (κ3) is 26.1. The number of hydrogen-bond donors (Lipinski definition) is 14. The Kier molecular flexibility index (Phi) is 35.6. The summed E-state index contributed by atoms with van der Waals surface area (Å²) in [5.41, 5.74) is 29.5. The molecule has 648 valence electrons. The number of carbonyl (C=O) groups excluding carboxylic acids is 7. The molecular formula is C89H105Cl2N19O13. The van der Waals surface area contributed by atoms with Crippen molar-refractivity contribution in [2.75, 3.05) is 139 Å². The third-order valence-electron chi connectivity index (χ3n) is 19.9. The van der Waals surface area contributed by atoms with Gasteiger partial charge in [-0.2, -0.15) is 0 Å². The minimum Gasteiger partial charge on any atom is -0.480 e. The van der Waals surface area contributed by atoms with Gasteiger partial charge in [0.05, 0.1) is 71.3 Å². The van der Waals surface area contributed by atoms with Crippen molar-refractivity contribution in [3.63, 3.8) is 0 Å². The van der Waals surface area contributed by atoms with Crippen LogP contribution in [0.15, 0.2) is 173 Å². The predicted octanol–water partition coefficient (Wildman–Crippen LogP) is 11.8. The molecule has 9 heterocycles. The highest BCUT2D eigenvalue weighted by atomic mass is 35.5. The number of pyridine rings is 6. The van der Waals surface area contributed by atoms with E-state index in [1.165, 1.54) is 41.4 Å². The van der Waals surface area contributed by atoms with Crippen LogP contribution in [0.2, 0.25) is 0 Å². The normalized spacial score (nSPS) is 12.6. The fourth-order valence-electron chi connectivity index (χ4n) is 13.9. The minimum absolute atomic E-state index is 0. The number of benzene rings is 5. The van der Waals surface area contributed by atoms with Gasteiger partial charge in [-0.15, -0.1) is 23.2 Å². The third-order valence-corrected chi connectivity index (χ3v) is 20.4. The second kappa shape index (κ2) is 46.2. The number of primary amides is 1. The molecule has 11 aromatic rings. The molecule has 15 rings (SSSR count). The Morgan fingerprint density at radius 3 is 1.19 bits per heavy atom. The molecule has 32 nitrogen and oxygen atoms in total. The monoisotopic (exact) mass is 1720 g/mol. The molecule has 6 aromatic heterocycles. The molecule has 0 spiro atoms. The van der Waals surface area contributed by atoms with Crippen LogP contribution in [-0.2, 0) is 23.9 Å². The standard InChI is InChI=1S/C23H26N6O3.C22H24N6O3.C20H21N5O2.C16H15NO2.C4H7ClO.C2H3ClO2.CH5N.CH4/c1-14-9-20(30)28-19-6-5-15(10-17(14)19)27-23(32)18-11-16(25-13-21(31)24-2)12-26-22(18)29-7-3-4-8-29;1-13-8-20(30)27-18-5-4-14(9-16(13)18)26-22(31)17-10-15(24-12-19(23)29)11-25-21(17)28-6-2-3-7-28;1-12-8-18(26)24-17-5-4-14(10-15(12)17)23-20(27)16-9-13(21)11-22-19(16)25-6-2-3-7-25;1-17-16(18)19-10-15-13-8-4-2-6-11(13)12-7-3-5-9-14(12)15;1-2-4(6)3-5;3-1-2(4)5;1-2;/h5-6,9-12,25H,3-4,7-8,13H2,1-2H3,(H,24,31)(H,27,32)(H,28,30);4-5,8-11,24H,2-3,6-7,12H2,1H3,(H2,23,29)(H,26,31)(H,27,30);4-5,8-11H,2-3,6-7,21H2,1H3,(H,23,27)(H,24,26);2-9,15H,10H2,1H3,(H,17,18);2-3H2,1H3;1H2,(H,4,5);2H2,1H3;1H4. The van der Waals surface area contributed by atoms with Crippen molar-refractivity contribution < 1.29 is 48.2 Å². The predicted molar refractivity (Wildman–Crippen MR) is 489 cm³/mol. The number of alkyl carbamates (subject to hydrolysis) is 1. The van der Waals surface area contributed by atoms with E-state index in [2.05, 4.69) is 112 Å². The molecule has 4 aliphatic rings. The van der Waals surface area contributed by atoms with E-state index in [0.717, 1.165) is 116 Å². The summed E-state index contributed by atoms with van der Waals surface area (Å²) in [6.07, 6.45) is 11.4. The van der Waals surface area contributed by atoms with Gasteiger partial charge in [-0.25, -0.2) is 19.7 Å². The molecular weight excluding hydrogens is 1610 g/mol. The van der Waals surface area contributed by atoms with Gasteiger partial charge in [0, 0.05) is 134 Å². The lowest BCUT2D eigenvalue weighted by atomic mass is 9.98. The highest BCUT2D eigenvalue weighted by Crippen LogP contribution is 2.45. The molecule has 123 heavy (non-hydrogen) atoms. The summed E-state index contributed by atoms with van der Waals surface area (Å²) in [6.45, 7) is 12.9. The van der Waals surface area contributed by atoms with Gasteiger partial charge in [-0.3, -0.25) is 47.9 Å². The van der Waals surface area contributed by atoms with Crippen LogP contribution in [0.5, 0.6) is 0 Å². The first kappa shape index (κ1) is 94.8. The largest absolute Gasteiger partial charge is 0.480 e. The number of likely N-dealkylation sites (N-methyl/N-ethyl adjacent to an activating group) is 1. The maximum absolute atomic E-state index is 13.3. The fourth-order valence-corrected chi connectivity index (χ4v) is 14.1. The number of rotatable bonds is 20. The van der Waals surface area contributed by atoms with Gasteiger partial charge in [0.2, 0.25) is 28.5 Å². The SMILES string of the molecule is C.CCC(=O)CCl.CN.CNC(=O)CNc1cnc(N2CCCC2)c(C(=O)Nc2ccc3[nH]c(=O)cc(C)c3c2)c1.CNC(=O)OCC1c2ccccc2-c2ccccc21.Cc1cc(=O)[nH]c2ccc(NC(=O)c3cc(N)cnc3N3CCCC3)cc12.Cc1cc(=O)[nH]c2ccc(NC(=O)c3cc(NCC(N)=O)cnc3N3CCCC3)cc12.O=C(O)CCl. The average Bonchev–Trinajstić information content (AvgIpc) is 1.67. The first-order valence-electron chi connectivity index (χ1n) is 39.5. The Morgan fingerprint density at radius 1 is 0.496 bits per heavy atom. The number of nitrogen functional groups attached to an aromatic ring is 1. The van der Waals surface area contributed by atoms with E-state index in [1.54, 1.807) is 100 Å². The van der Waals surface area contributed by atoms with E-state index in [9.17, 15) is 52.7 Å². The fraction of sp³-hybridized carbons (Fsp3) is 0.303. The maximum atomic E-state index is 13.3. The van der Waals surface area contributed by atoms with Gasteiger partial charge in [0.1, 0.15) is 35.7 Å². The summed E-state index contributed by atoms with van der Waals surface area (Å²) < 4.78 is 5.24. The number of halogens is 2. The lowest BCUT2D eigenvalue weighted by molar-refractivity contribution is -0.134. The van der Waals surface area contributed by atoms with Crippen LogP contribution < -0.4 is 85.8 Å². The van der Waals surface area contributed by atoms with Crippen LogP contribution in [0.4, 0.5) is 56.4 Å². The summed E-state index contributed by atoms with van der Waals surface area (Å²) in [4.78, 5) is 156. The number of aryl methyl sites for hydroxylation is 3. The number of nitrogens with zero attached hydrogens (tertiary/aromatic N) is 6. The zero-order valence-corrected chi connectivity index (χ0v) is 70.3. The summed E-state index contributed by atoms with van der Waals surface area (Å²) in [5.74, 6) is -0.484. The van der Waals surface area contributed by atoms with Gasteiger partial charge in [-0.05, 0) is 178 Å². The lowest BCUT2D eigenvalue weighted by Gasteiger charge is -2.20. The number of anilines is 9. The van der Waals surface area contributed by atoms with E-state index in [1.807, 2.05) is 63.2 Å². The number of aromatic nitrogens is 6. The number of amides is 6. The minimum atomic E-state index is -0.980. The van der Waals surface area contributed by atoms with Crippen LogP contribution in [0.25, 0.3) is 43.8 Å².